The van der Waals surface area contributed by atoms with E-state index in [2.05, 4.69) is 16.9 Å². The summed E-state index contributed by atoms with van der Waals surface area (Å²) in [4.78, 5) is 11.7. The molecule has 0 aliphatic heterocycles. The highest BCUT2D eigenvalue weighted by Gasteiger charge is 2.25. The van der Waals surface area contributed by atoms with Crippen molar-refractivity contribution in [3.05, 3.63) is 65.7 Å². The van der Waals surface area contributed by atoms with E-state index in [1.807, 2.05) is 18.2 Å². The van der Waals surface area contributed by atoms with Crippen LogP contribution in [0.1, 0.15) is 17.5 Å². The van der Waals surface area contributed by atoms with Gasteiger partial charge in [-0.05, 0) is 36.1 Å². The predicted octanol–water partition coefficient (Wildman–Crippen LogP) is 2.76. The second-order valence-corrected chi connectivity index (χ2v) is 7.70. The summed E-state index contributed by atoms with van der Waals surface area (Å²) in [5, 5.41) is 0. The van der Waals surface area contributed by atoms with Crippen molar-refractivity contribution in [2.75, 3.05) is 20.0 Å². The number of hydrogen-bond donors (Lipinski definition) is 0. The van der Waals surface area contributed by atoms with Gasteiger partial charge in [-0.15, -0.1) is 0 Å². The molecule has 0 heterocycles. The monoisotopic (exact) mass is 392 g/mol. The Bertz CT molecular complexity index is 815. The fourth-order valence-corrected chi connectivity index (χ4v) is 3.11. The molecule has 6 nitrogen and oxygen atoms in total. The average Bonchev–Trinajstić information content (AvgIpc) is 2.65. The molecule has 1 atom stereocenters. The highest BCUT2D eigenvalue weighted by Crippen LogP contribution is 2.16. The van der Waals surface area contributed by atoms with Crippen molar-refractivity contribution < 1.29 is 26.9 Å². The maximum atomic E-state index is 11.7. The fraction of sp³-hybridized carbons (Fsp3) is 0.350. The van der Waals surface area contributed by atoms with Crippen LogP contribution < -0.4 is 4.74 Å². The number of benzene rings is 2. The Morgan fingerprint density at radius 1 is 1.00 bits per heavy atom. The quantitative estimate of drug-likeness (QED) is 0.351. The van der Waals surface area contributed by atoms with E-state index in [-0.39, 0.29) is 6.42 Å². The zero-order valence-electron chi connectivity index (χ0n) is 15.5. The number of rotatable bonds is 10. The summed E-state index contributed by atoms with van der Waals surface area (Å²) in [7, 11) is -2.58. The van der Waals surface area contributed by atoms with Crippen molar-refractivity contribution in [2.45, 2.75) is 25.4 Å². The number of esters is 1. The maximum absolute atomic E-state index is 11.7. The first-order valence-corrected chi connectivity index (χ1v) is 10.4. The predicted molar refractivity (Wildman–Crippen MR) is 102 cm³/mol. The maximum Gasteiger partial charge on any atom is 0.336 e. The van der Waals surface area contributed by atoms with Gasteiger partial charge in [0.05, 0.1) is 20.0 Å². The molecule has 2 aromatic carbocycles. The van der Waals surface area contributed by atoms with Crippen molar-refractivity contribution in [3.63, 3.8) is 0 Å². The van der Waals surface area contributed by atoms with Crippen LogP contribution in [0, 0.1) is 0 Å². The van der Waals surface area contributed by atoms with Gasteiger partial charge in [-0.3, -0.25) is 4.18 Å². The molecule has 0 N–H and O–H groups in total. The molecule has 0 spiro atoms. The largest absolute Gasteiger partial charge is 0.494 e. The second-order valence-electron chi connectivity index (χ2n) is 6.10. The van der Waals surface area contributed by atoms with E-state index < -0.39 is 22.2 Å². The van der Waals surface area contributed by atoms with Gasteiger partial charge in [-0.2, -0.15) is 8.42 Å². The lowest BCUT2D eigenvalue weighted by Gasteiger charge is -2.14. The summed E-state index contributed by atoms with van der Waals surface area (Å²) in [6.07, 6.45) is 1.63. The van der Waals surface area contributed by atoms with E-state index in [4.69, 9.17) is 8.92 Å². The Hall–Kier alpha value is -2.38. The van der Waals surface area contributed by atoms with Crippen LogP contribution in [0.4, 0.5) is 0 Å². The van der Waals surface area contributed by atoms with E-state index in [9.17, 15) is 13.2 Å². The lowest BCUT2D eigenvalue weighted by Crippen LogP contribution is -2.30. The molecular formula is C20H24O6S. The van der Waals surface area contributed by atoms with Crippen LogP contribution in [-0.4, -0.2) is 40.5 Å². The summed E-state index contributed by atoms with van der Waals surface area (Å²) in [6, 6.07) is 17.3. The van der Waals surface area contributed by atoms with Crippen molar-refractivity contribution in [1.29, 1.82) is 0 Å². The van der Waals surface area contributed by atoms with Gasteiger partial charge < -0.3 is 9.47 Å². The first-order valence-electron chi connectivity index (χ1n) is 8.59. The Morgan fingerprint density at radius 3 is 2.26 bits per heavy atom. The van der Waals surface area contributed by atoms with Crippen LogP contribution in [0.3, 0.4) is 0 Å². The van der Waals surface area contributed by atoms with Crippen LogP contribution >= 0.6 is 0 Å². The molecule has 0 aromatic heterocycles. The molecule has 2 aromatic rings. The third kappa shape index (κ3) is 7.80. The summed E-state index contributed by atoms with van der Waals surface area (Å²) < 4.78 is 37.7. The van der Waals surface area contributed by atoms with Gasteiger partial charge in [0.1, 0.15) is 5.75 Å². The zero-order valence-corrected chi connectivity index (χ0v) is 16.3. The molecule has 7 heteroatoms. The Kier molecular flexibility index (Phi) is 7.82. The van der Waals surface area contributed by atoms with Crippen LogP contribution in [0.25, 0.3) is 0 Å². The van der Waals surface area contributed by atoms with Gasteiger partial charge in [0, 0.05) is 6.42 Å². The lowest BCUT2D eigenvalue weighted by molar-refractivity contribution is -0.148. The Morgan fingerprint density at radius 2 is 1.67 bits per heavy atom. The van der Waals surface area contributed by atoms with E-state index in [0.29, 0.717) is 12.4 Å². The molecule has 146 valence electrons. The number of methoxy groups -OCH3 is 1. The van der Waals surface area contributed by atoms with E-state index in [1.54, 1.807) is 24.3 Å². The van der Waals surface area contributed by atoms with Crippen molar-refractivity contribution >= 4 is 16.1 Å². The van der Waals surface area contributed by atoms with Gasteiger partial charge in [0.15, 0.2) is 6.10 Å². The molecule has 1 unspecified atom stereocenters. The third-order valence-corrected chi connectivity index (χ3v) is 4.40. The molecule has 0 radical (unpaired) electrons. The Balaban J connectivity index is 1.85. The molecule has 0 saturated carbocycles. The molecule has 0 bridgehead atoms. The van der Waals surface area contributed by atoms with Crippen molar-refractivity contribution in [2.24, 2.45) is 0 Å². The van der Waals surface area contributed by atoms with Crippen molar-refractivity contribution in [3.8, 4) is 5.75 Å². The van der Waals surface area contributed by atoms with Crippen LogP contribution in [0.5, 0.6) is 5.75 Å². The first-order chi connectivity index (χ1) is 12.9. The molecule has 2 rings (SSSR count). The van der Waals surface area contributed by atoms with E-state index >= 15 is 0 Å². The van der Waals surface area contributed by atoms with Gasteiger partial charge in [0.25, 0.3) is 10.1 Å². The number of ether oxygens (including phenoxy) is 2. The number of carbonyl (C=O) groups excluding carboxylic acids is 1. The number of aryl methyl sites for hydroxylation is 1. The molecule has 0 amide bonds. The zero-order chi connectivity index (χ0) is 19.7. The van der Waals surface area contributed by atoms with Gasteiger partial charge >= 0.3 is 5.97 Å². The van der Waals surface area contributed by atoms with Crippen LogP contribution in [0.2, 0.25) is 0 Å². The summed E-state index contributed by atoms with van der Waals surface area (Å²) in [6.45, 7) is 0.593. The average molecular weight is 392 g/mol. The molecule has 0 aliphatic carbocycles. The molecule has 0 saturated heterocycles. The molecule has 0 fully saturated rings. The molecule has 0 aliphatic rings. The molecular weight excluding hydrogens is 368 g/mol. The van der Waals surface area contributed by atoms with Gasteiger partial charge in [-0.25, -0.2) is 4.79 Å². The lowest BCUT2D eigenvalue weighted by atomic mass is 10.1. The Labute approximate surface area is 160 Å². The summed E-state index contributed by atoms with van der Waals surface area (Å²) in [5.74, 6) is -0.0212. The van der Waals surface area contributed by atoms with Crippen LogP contribution in [-0.2, 0) is 36.7 Å². The van der Waals surface area contributed by atoms with Crippen molar-refractivity contribution in [1.82, 2.24) is 0 Å². The normalized spacial score (nSPS) is 12.4. The number of carbonyl (C=O) groups is 1. The van der Waals surface area contributed by atoms with Crippen LogP contribution in [0.15, 0.2) is 54.6 Å². The standard InChI is InChI=1S/C20H24O6S/c1-24-20(21)19(26-27(2,22)23)15-17-10-12-18(13-11-17)25-14-6-9-16-7-4-3-5-8-16/h3-5,7-8,10-13,19H,6,9,14-15H2,1-2H3. The van der Waals surface area contributed by atoms with E-state index in [0.717, 1.165) is 24.7 Å². The first kappa shape index (κ1) is 20.9. The smallest absolute Gasteiger partial charge is 0.336 e. The molecule has 27 heavy (non-hydrogen) atoms. The van der Waals surface area contributed by atoms with Gasteiger partial charge in [0.2, 0.25) is 0 Å². The van der Waals surface area contributed by atoms with E-state index in [1.165, 1.54) is 12.7 Å². The fourth-order valence-electron chi connectivity index (χ4n) is 2.55. The van der Waals surface area contributed by atoms with Gasteiger partial charge in [-0.1, -0.05) is 42.5 Å². The minimum absolute atomic E-state index is 0.0913. The minimum Gasteiger partial charge on any atom is -0.494 e. The third-order valence-electron chi connectivity index (χ3n) is 3.82. The summed E-state index contributed by atoms with van der Waals surface area (Å²) in [5.41, 5.74) is 2.02. The summed E-state index contributed by atoms with van der Waals surface area (Å²) >= 11 is 0. The number of hydrogen-bond acceptors (Lipinski definition) is 6. The highest BCUT2D eigenvalue weighted by molar-refractivity contribution is 7.86. The highest BCUT2D eigenvalue weighted by atomic mass is 32.2. The topological polar surface area (TPSA) is 78.9 Å². The SMILES string of the molecule is COC(=O)C(Cc1ccc(OCCCc2ccccc2)cc1)OS(C)(=O)=O. The minimum atomic E-state index is -3.77. The second kappa shape index (κ2) is 10.1.